The number of ether oxygens (including phenoxy) is 1. The van der Waals surface area contributed by atoms with Gasteiger partial charge in [0.15, 0.2) is 23.8 Å². The van der Waals surface area contributed by atoms with E-state index in [1.165, 1.54) is 0 Å². The lowest BCUT2D eigenvalue weighted by atomic mass is 10.0. The zero-order valence-corrected chi connectivity index (χ0v) is 20.9. The highest BCUT2D eigenvalue weighted by molar-refractivity contribution is 6.57. The van der Waals surface area contributed by atoms with Crippen LogP contribution in [0.5, 0.6) is 0 Å². The predicted molar refractivity (Wildman–Crippen MR) is 135 cm³/mol. The molecule has 12 nitrogen and oxygen atoms in total. The lowest BCUT2D eigenvalue weighted by Crippen LogP contribution is -2.51. The van der Waals surface area contributed by atoms with Crippen LogP contribution in [-0.2, 0) is 25.7 Å². The number of rotatable bonds is 14. The predicted octanol–water partition coefficient (Wildman–Crippen LogP) is -0.268. The molecule has 0 aromatic heterocycles. The Labute approximate surface area is 218 Å². The standard InChI is InChI=1S/C16H21BN2O5.C7H12BNO4/c1-2-6-12(19-16(17)23)14(21)15(22)18-9-13(20)24-10-11-7-4-3-5-8-11;1-2-3-4(9-7(8)13)5(10)6(11)12/h3-5,7-8,12,14,21H,2,6,9-10H2,1H3,(H,18,22)(H,19,23);4-5,10H,2-3H2,1H3,(H,9,13)(H,11,12). The van der Waals surface area contributed by atoms with Gasteiger partial charge in [-0.2, -0.15) is 0 Å². The number of benzene rings is 1. The van der Waals surface area contributed by atoms with Gasteiger partial charge < -0.3 is 36.0 Å². The van der Waals surface area contributed by atoms with Crippen molar-refractivity contribution in [3.05, 3.63) is 35.9 Å². The maximum absolute atomic E-state index is 11.9. The third-order valence-electron chi connectivity index (χ3n) is 4.79. The van der Waals surface area contributed by atoms with Crippen LogP contribution in [0, 0.1) is 0 Å². The molecule has 1 rings (SSSR count). The van der Waals surface area contributed by atoms with Crippen molar-refractivity contribution >= 4 is 45.2 Å². The number of esters is 1. The number of carbonyl (C=O) groups is 5. The van der Waals surface area contributed by atoms with Crippen molar-refractivity contribution in [2.75, 3.05) is 6.54 Å². The molecule has 4 radical (unpaired) electrons. The van der Waals surface area contributed by atoms with E-state index in [1.54, 1.807) is 12.1 Å². The van der Waals surface area contributed by atoms with Gasteiger partial charge in [-0.25, -0.2) is 4.79 Å². The van der Waals surface area contributed by atoms with Crippen LogP contribution in [-0.4, -0.2) is 91.3 Å². The molecule has 4 unspecified atom stereocenters. The highest BCUT2D eigenvalue weighted by Gasteiger charge is 2.26. The first-order valence-corrected chi connectivity index (χ1v) is 11.6. The molecule has 0 saturated carbocycles. The van der Waals surface area contributed by atoms with Crippen LogP contribution in [0.1, 0.15) is 45.1 Å². The second-order valence-electron chi connectivity index (χ2n) is 7.90. The van der Waals surface area contributed by atoms with Gasteiger partial charge in [-0.05, 0) is 18.4 Å². The summed E-state index contributed by atoms with van der Waals surface area (Å²) in [7, 11) is 9.82. The third kappa shape index (κ3) is 15.4. The maximum Gasteiger partial charge on any atom is 0.334 e. The summed E-state index contributed by atoms with van der Waals surface area (Å²) in [6.07, 6.45) is -1.08. The molecular weight excluding hydrogens is 484 g/mol. The van der Waals surface area contributed by atoms with E-state index in [0.29, 0.717) is 25.7 Å². The zero-order chi connectivity index (χ0) is 28.4. The fraction of sp³-hybridized carbons (Fsp3) is 0.522. The molecule has 14 heteroatoms. The summed E-state index contributed by atoms with van der Waals surface area (Å²) in [5, 5.41) is 34.2. The number of hydrogen-bond acceptors (Lipinski definition) is 8. The minimum Gasteiger partial charge on any atom is -0.479 e. The van der Waals surface area contributed by atoms with Gasteiger partial charge in [-0.1, -0.05) is 57.0 Å². The molecule has 6 N–H and O–H groups in total. The molecule has 0 aliphatic rings. The van der Waals surface area contributed by atoms with Gasteiger partial charge in [-0.15, -0.1) is 0 Å². The van der Waals surface area contributed by atoms with Gasteiger partial charge in [0.05, 0.1) is 12.1 Å². The maximum atomic E-state index is 11.9. The summed E-state index contributed by atoms with van der Waals surface area (Å²) >= 11 is 0. The van der Waals surface area contributed by atoms with Gasteiger partial charge in [0.25, 0.3) is 5.91 Å². The molecular formula is C23H33B2N3O9. The molecule has 0 heterocycles. The van der Waals surface area contributed by atoms with Crippen LogP contribution < -0.4 is 16.0 Å². The number of amides is 3. The SMILES string of the molecule is [B]C(=O)NC(CCC)C(O)C(=O)NCC(=O)OCc1ccccc1.[B]C(=O)NC(CCC)C(O)C(=O)O. The van der Waals surface area contributed by atoms with E-state index in [0.717, 1.165) is 5.56 Å². The van der Waals surface area contributed by atoms with Crippen molar-refractivity contribution in [3.8, 4) is 0 Å². The summed E-state index contributed by atoms with van der Waals surface area (Å²) in [4.78, 5) is 55.1. The Morgan fingerprint density at radius 1 is 0.865 bits per heavy atom. The number of hydrogen-bond donors (Lipinski definition) is 6. The first kappa shape index (κ1) is 33.6. The van der Waals surface area contributed by atoms with Gasteiger partial charge in [0, 0.05) is 0 Å². The Hall–Kier alpha value is -3.38. The number of aliphatic hydroxyl groups excluding tert-OH is 2. The Kier molecular flexibility index (Phi) is 17.1. The molecule has 0 bridgehead atoms. The van der Waals surface area contributed by atoms with Gasteiger partial charge in [-0.3, -0.25) is 19.2 Å². The molecule has 0 saturated heterocycles. The second kappa shape index (κ2) is 18.8. The topological polar surface area (TPSA) is 191 Å². The molecule has 0 aliphatic carbocycles. The van der Waals surface area contributed by atoms with Crippen molar-refractivity contribution in [2.24, 2.45) is 0 Å². The fourth-order valence-corrected chi connectivity index (χ4v) is 3.01. The third-order valence-corrected chi connectivity index (χ3v) is 4.79. The average Bonchev–Trinajstić information content (AvgIpc) is 2.85. The van der Waals surface area contributed by atoms with Crippen molar-refractivity contribution in [2.45, 2.75) is 70.4 Å². The van der Waals surface area contributed by atoms with Crippen molar-refractivity contribution < 1.29 is 44.0 Å². The van der Waals surface area contributed by atoms with Crippen molar-refractivity contribution in [1.29, 1.82) is 0 Å². The lowest BCUT2D eigenvalue weighted by Gasteiger charge is -2.22. The zero-order valence-electron chi connectivity index (χ0n) is 20.9. The van der Waals surface area contributed by atoms with E-state index >= 15 is 0 Å². The highest BCUT2D eigenvalue weighted by atomic mass is 16.5. The summed E-state index contributed by atoms with van der Waals surface area (Å²) in [5.41, 5.74) is 0.825. The van der Waals surface area contributed by atoms with Crippen LogP contribution in [0.3, 0.4) is 0 Å². The van der Waals surface area contributed by atoms with E-state index in [-0.39, 0.29) is 13.2 Å². The van der Waals surface area contributed by atoms with Crippen molar-refractivity contribution in [1.82, 2.24) is 16.0 Å². The quantitative estimate of drug-likeness (QED) is 0.143. The first-order valence-electron chi connectivity index (χ1n) is 11.6. The molecule has 200 valence electrons. The van der Waals surface area contributed by atoms with E-state index in [9.17, 15) is 29.1 Å². The van der Waals surface area contributed by atoms with Crippen LogP contribution in [0.4, 0.5) is 9.59 Å². The van der Waals surface area contributed by atoms with E-state index < -0.39 is 53.8 Å². The monoisotopic (exact) mass is 517 g/mol. The number of carbonyl (C=O) groups excluding carboxylic acids is 4. The molecule has 1 aromatic carbocycles. The Bertz CT molecular complexity index is 874. The molecule has 0 fully saturated rings. The lowest BCUT2D eigenvalue weighted by molar-refractivity contribution is -0.148. The number of aliphatic carboxylic acids is 1. The van der Waals surface area contributed by atoms with Crippen LogP contribution in [0.25, 0.3) is 0 Å². The minimum absolute atomic E-state index is 0.0970. The number of nitrogens with one attached hydrogen (secondary N) is 3. The smallest absolute Gasteiger partial charge is 0.334 e. The first-order chi connectivity index (χ1) is 17.4. The van der Waals surface area contributed by atoms with Crippen molar-refractivity contribution in [3.63, 3.8) is 0 Å². The second-order valence-corrected chi connectivity index (χ2v) is 7.90. The number of aliphatic hydroxyl groups is 2. The van der Waals surface area contributed by atoms with E-state index in [2.05, 4.69) is 16.0 Å². The molecule has 37 heavy (non-hydrogen) atoms. The Balaban J connectivity index is 0.000000845. The largest absolute Gasteiger partial charge is 0.479 e. The van der Waals surface area contributed by atoms with Crippen LogP contribution in [0.15, 0.2) is 30.3 Å². The summed E-state index contributed by atoms with van der Waals surface area (Å²) in [6.45, 7) is 3.36. The Morgan fingerprint density at radius 3 is 1.78 bits per heavy atom. The van der Waals surface area contributed by atoms with Gasteiger partial charge in [0.2, 0.25) is 15.7 Å². The summed E-state index contributed by atoms with van der Waals surface area (Å²) in [6, 6.07) is 7.47. The van der Waals surface area contributed by atoms with Gasteiger partial charge >= 0.3 is 11.9 Å². The van der Waals surface area contributed by atoms with Crippen LogP contribution >= 0.6 is 0 Å². The average molecular weight is 517 g/mol. The summed E-state index contributed by atoms with van der Waals surface area (Å²) in [5.74, 6) is -4.44. The highest BCUT2D eigenvalue weighted by Crippen LogP contribution is 2.04. The fourth-order valence-electron chi connectivity index (χ4n) is 3.01. The number of carboxylic acids is 1. The van der Waals surface area contributed by atoms with E-state index in [1.807, 2.05) is 32.0 Å². The molecule has 1 aromatic rings. The minimum atomic E-state index is -1.60. The van der Waals surface area contributed by atoms with E-state index in [4.69, 9.17) is 30.6 Å². The molecule has 0 aliphatic heterocycles. The Morgan fingerprint density at radius 2 is 1.35 bits per heavy atom. The molecule has 3 amide bonds. The van der Waals surface area contributed by atoms with Gasteiger partial charge in [0.1, 0.15) is 13.2 Å². The molecule has 0 spiro atoms. The normalized spacial score (nSPS) is 13.4. The summed E-state index contributed by atoms with van der Waals surface area (Å²) < 4.78 is 5.01. The molecule has 4 atom stereocenters. The van der Waals surface area contributed by atoms with Crippen LogP contribution in [0.2, 0.25) is 0 Å². The number of carboxylic acid groups (broad SMARTS) is 1.